The normalized spacial score (nSPS) is 27.8. The van der Waals surface area contributed by atoms with Crippen LogP contribution in [0.5, 0.6) is 0 Å². The van der Waals surface area contributed by atoms with Gasteiger partial charge in [0.15, 0.2) is 0 Å². The van der Waals surface area contributed by atoms with Gasteiger partial charge in [-0.15, -0.1) is 0 Å². The molecule has 4 atom stereocenters. The van der Waals surface area contributed by atoms with Crippen molar-refractivity contribution in [2.75, 3.05) is 13.1 Å². The smallest absolute Gasteiger partial charge is 0.148 e. The van der Waals surface area contributed by atoms with Gasteiger partial charge in [0.25, 0.3) is 0 Å². The SMILES string of the molecule is CC12CN(Cc3ccccn3)CC(C1=O)C(c1ccccn1)N(Cc1ccccn1)C2(C)c1ccccn1. The molecule has 0 aromatic carbocycles. The van der Waals surface area contributed by atoms with Crippen molar-refractivity contribution in [2.24, 2.45) is 11.3 Å². The lowest BCUT2D eigenvalue weighted by atomic mass is 9.56. The van der Waals surface area contributed by atoms with Gasteiger partial charge >= 0.3 is 0 Å². The number of hydrogen-bond acceptors (Lipinski definition) is 7. The number of piperidine rings is 2. The standard InChI is InChI=1S/C31H32N6O/c1-30-22-36(19-23-11-3-7-15-32-23)21-25(29(30)38)28(26-13-5-9-17-34-26)37(20-24-12-4-8-16-33-24)31(30,2)27-14-6-10-18-35-27/h3-18,25,28H,19-22H2,1-2H3. The Labute approximate surface area is 223 Å². The number of nitrogens with zero attached hydrogens (tertiary/aromatic N) is 6. The van der Waals surface area contributed by atoms with E-state index in [9.17, 15) is 4.79 Å². The zero-order valence-corrected chi connectivity index (χ0v) is 21.8. The molecule has 38 heavy (non-hydrogen) atoms. The first-order valence-electron chi connectivity index (χ1n) is 13.2. The minimum absolute atomic E-state index is 0.239. The van der Waals surface area contributed by atoms with Crippen molar-refractivity contribution in [1.82, 2.24) is 29.7 Å². The molecule has 7 heteroatoms. The Balaban J connectivity index is 1.53. The zero-order valence-electron chi connectivity index (χ0n) is 21.8. The van der Waals surface area contributed by atoms with E-state index in [1.807, 2.05) is 79.4 Å². The molecule has 4 aromatic rings. The van der Waals surface area contributed by atoms with Gasteiger partial charge in [-0.2, -0.15) is 0 Å². The van der Waals surface area contributed by atoms with Gasteiger partial charge in [-0.25, -0.2) is 0 Å². The van der Waals surface area contributed by atoms with Crippen LogP contribution in [0.1, 0.15) is 42.7 Å². The lowest BCUT2D eigenvalue weighted by molar-refractivity contribution is -0.185. The van der Waals surface area contributed by atoms with Gasteiger partial charge in [0, 0.05) is 51.0 Å². The van der Waals surface area contributed by atoms with Crippen LogP contribution < -0.4 is 0 Å². The predicted octanol–water partition coefficient (Wildman–Crippen LogP) is 4.45. The maximum Gasteiger partial charge on any atom is 0.148 e. The average molecular weight is 505 g/mol. The molecule has 2 fully saturated rings. The van der Waals surface area contributed by atoms with Crippen LogP contribution in [0, 0.1) is 11.3 Å². The summed E-state index contributed by atoms with van der Waals surface area (Å²) in [6, 6.07) is 23.7. The van der Waals surface area contributed by atoms with E-state index in [0.717, 1.165) is 22.8 Å². The maximum atomic E-state index is 14.6. The monoisotopic (exact) mass is 504 g/mol. The van der Waals surface area contributed by atoms with Crippen molar-refractivity contribution < 1.29 is 4.79 Å². The molecule has 4 unspecified atom stereocenters. The highest BCUT2D eigenvalue weighted by atomic mass is 16.1. The third kappa shape index (κ3) is 4.03. The van der Waals surface area contributed by atoms with E-state index in [-0.39, 0.29) is 17.7 Å². The second-order valence-electron chi connectivity index (χ2n) is 10.7. The number of likely N-dealkylation sites (tertiary alicyclic amines) is 2. The van der Waals surface area contributed by atoms with Gasteiger partial charge in [0.2, 0.25) is 0 Å². The van der Waals surface area contributed by atoms with Crippen LogP contribution >= 0.6 is 0 Å². The molecule has 7 nitrogen and oxygen atoms in total. The van der Waals surface area contributed by atoms with Crippen molar-refractivity contribution in [1.29, 1.82) is 0 Å². The Hall–Kier alpha value is -3.81. The molecule has 6 heterocycles. The van der Waals surface area contributed by atoms with Crippen LogP contribution in [-0.4, -0.2) is 48.6 Å². The molecule has 192 valence electrons. The summed E-state index contributed by atoms with van der Waals surface area (Å²) in [7, 11) is 0. The molecular weight excluding hydrogens is 472 g/mol. The molecule has 0 N–H and O–H groups in total. The Morgan fingerprint density at radius 2 is 1.37 bits per heavy atom. The van der Waals surface area contributed by atoms with Gasteiger partial charge in [-0.05, 0) is 62.4 Å². The van der Waals surface area contributed by atoms with Crippen LogP contribution in [0.25, 0.3) is 0 Å². The van der Waals surface area contributed by atoms with E-state index in [2.05, 4.69) is 51.8 Å². The number of fused-ring (bicyclic) bond motifs is 2. The Bertz CT molecular complexity index is 1390. The molecule has 0 spiro atoms. The van der Waals surface area contributed by atoms with Crippen LogP contribution in [0.3, 0.4) is 0 Å². The summed E-state index contributed by atoms with van der Waals surface area (Å²) in [5.41, 5.74) is 2.29. The van der Waals surface area contributed by atoms with Crippen LogP contribution in [-0.2, 0) is 23.4 Å². The Morgan fingerprint density at radius 3 is 1.95 bits per heavy atom. The van der Waals surface area contributed by atoms with E-state index in [0.29, 0.717) is 26.2 Å². The van der Waals surface area contributed by atoms with Gasteiger partial charge in [0.05, 0.1) is 45.7 Å². The van der Waals surface area contributed by atoms with E-state index in [4.69, 9.17) is 9.97 Å². The fraction of sp³-hybridized carbons (Fsp3) is 0.323. The molecular formula is C31H32N6O. The minimum atomic E-state index is -0.723. The highest BCUT2D eigenvalue weighted by Gasteiger charge is 2.66. The number of hydrogen-bond donors (Lipinski definition) is 0. The summed E-state index contributed by atoms with van der Waals surface area (Å²) < 4.78 is 0. The molecule has 6 rings (SSSR count). The largest absolute Gasteiger partial charge is 0.299 e. The molecule has 0 saturated carbocycles. The summed E-state index contributed by atoms with van der Waals surface area (Å²) >= 11 is 0. The van der Waals surface area contributed by atoms with Crippen LogP contribution in [0.15, 0.2) is 97.6 Å². The van der Waals surface area contributed by atoms with Crippen molar-refractivity contribution >= 4 is 5.78 Å². The summed E-state index contributed by atoms with van der Waals surface area (Å²) in [6.45, 7) is 6.83. The second-order valence-corrected chi connectivity index (χ2v) is 10.7. The van der Waals surface area contributed by atoms with Crippen molar-refractivity contribution in [3.05, 3.63) is 120 Å². The topological polar surface area (TPSA) is 75.1 Å². The number of Topliss-reactive ketones (excluding diaryl/α,β-unsaturated/α-hetero) is 1. The van der Waals surface area contributed by atoms with Crippen molar-refractivity contribution in [3.63, 3.8) is 0 Å². The maximum absolute atomic E-state index is 14.6. The second kappa shape index (κ2) is 9.82. The number of rotatable bonds is 6. The van der Waals surface area contributed by atoms with E-state index in [1.165, 1.54) is 0 Å². The fourth-order valence-corrected chi connectivity index (χ4v) is 6.57. The number of carbonyl (C=O) groups is 1. The van der Waals surface area contributed by atoms with Crippen LogP contribution in [0.2, 0.25) is 0 Å². The lowest BCUT2D eigenvalue weighted by Crippen LogP contribution is -2.72. The van der Waals surface area contributed by atoms with Crippen molar-refractivity contribution in [2.45, 2.75) is 38.5 Å². The molecule has 2 aliphatic heterocycles. The van der Waals surface area contributed by atoms with E-state index >= 15 is 0 Å². The number of pyridine rings is 4. The predicted molar refractivity (Wildman–Crippen MR) is 144 cm³/mol. The summed E-state index contributed by atoms with van der Waals surface area (Å²) in [5.74, 6) is 0.0173. The van der Waals surface area contributed by atoms with Gasteiger partial charge < -0.3 is 0 Å². The molecule has 0 radical (unpaired) electrons. The fourth-order valence-electron chi connectivity index (χ4n) is 6.57. The Kier molecular flexibility index (Phi) is 6.33. The summed E-state index contributed by atoms with van der Waals surface area (Å²) in [6.07, 6.45) is 7.30. The number of ketones is 1. The third-order valence-corrected chi connectivity index (χ3v) is 8.57. The molecule has 2 aliphatic rings. The van der Waals surface area contributed by atoms with Gasteiger partial charge in [0.1, 0.15) is 5.78 Å². The first-order chi connectivity index (χ1) is 18.5. The van der Waals surface area contributed by atoms with Gasteiger partial charge in [-0.1, -0.05) is 24.3 Å². The van der Waals surface area contributed by atoms with Gasteiger partial charge in [-0.3, -0.25) is 34.5 Å². The first-order valence-corrected chi connectivity index (χ1v) is 13.2. The zero-order chi connectivity index (χ0) is 26.2. The first kappa shape index (κ1) is 24.5. The van der Waals surface area contributed by atoms with Crippen molar-refractivity contribution in [3.8, 4) is 0 Å². The summed E-state index contributed by atoms with van der Waals surface area (Å²) in [4.78, 5) is 38.3. The summed E-state index contributed by atoms with van der Waals surface area (Å²) in [5, 5.41) is 0. The molecule has 0 amide bonds. The number of carbonyl (C=O) groups excluding carboxylic acids is 1. The van der Waals surface area contributed by atoms with E-state index in [1.54, 1.807) is 0 Å². The average Bonchev–Trinajstić information content (AvgIpc) is 2.96. The molecule has 2 bridgehead atoms. The lowest BCUT2D eigenvalue weighted by Gasteiger charge is -2.63. The highest BCUT2D eigenvalue weighted by Crippen LogP contribution is 2.58. The third-order valence-electron chi connectivity index (χ3n) is 8.57. The molecule has 0 aliphatic carbocycles. The quantitative estimate of drug-likeness (QED) is 0.384. The molecule has 4 aromatic heterocycles. The van der Waals surface area contributed by atoms with E-state index < -0.39 is 11.0 Å². The highest BCUT2D eigenvalue weighted by molar-refractivity contribution is 5.91. The minimum Gasteiger partial charge on any atom is -0.299 e. The Morgan fingerprint density at radius 1 is 0.763 bits per heavy atom. The van der Waals surface area contributed by atoms with Crippen LogP contribution in [0.4, 0.5) is 0 Å². The number of aromatic nitrogens is 4. The molecule has 2 saturated heterocycles.